The molecule has 0 aromatic carbocycles. The van der Waals surface area contributed by atoms with Gasteiger partial charge in [-0.15, -0.1) is 0 Å². The highest BCUT2D eigenvalue weighted by Gasteiger charge is 2.43. The van der Waals surface area contributed by atoms with E-state index in [1.807, 2.05) is 13.8 Å². The first-order chi connectivity index (χ1) is 7.39. The lowest BCUT2D eigenvalue weighted by molar-refractivity contribution is -0.123. The van der Waals surface area contributed by atoms with E-state index >= 15 is 0 Å². The number of carbonyl (C=O) groups is 1. The SMILES string of the molecule is CCC(C)NC(=O)C(C)NC(C)C1(C)CC1. The van der Waals surface area contributed by atoms with Crippen LogP contribution < -0.4 is 10.6 Å². The molecule has 0 spiro atoms. The highest BCUT2D eigenvalue weighted by Crippen LogP contribution is 2.47. The lowest BCUT2D eigenvalue weighted by atomic mass is 10.00. The smallest absolute Gasteiger partial charge is 0.237 e. The van der Waals surface area contributed by atoms with Crippen LogP contribution in [0.15, 0.2) is 0 Å². The van der Waals surface area contributed by atoms with Crippen molar-refractivity contribution in [2.24, 2.45) is 5.41 Å². The van der Waals surface area contributed by atoms with Crippen molar-refractivity contribution in [2.45, 2.75) is 72.0 Å². The third kappa shape index (κ3) is 3.48. The van der Waals surface area contributed by atoms with E-state index in [1.165, 1.54) is 12.8 Å². The molecule has 2 N–H and O–H groups in total. The fourth-order valence-electron chi connectivity index (χ4n) is 1.75. The molecule has 1 saturated carbocycles. The molecule has 3 heteroatoms. The number of carbonyl (C=O) groups excluding carboxylic acids is 1. The zero-order valence-corrected chi connectivity index (χ0v) is 11.3. The van der Waals surface area contributed by atoms with Crippen LogP contribution in [0.4, 0.5) is 0 Å². The summed E-state index contributed by atoms with van der Waals surface area (Å²) >= 11 is 0. The molecular weight excluding hydrogens is 200 g/mol. The number of hydrogen-bond acceptors (Lipinski definition) is 2. The van der Waals surface area contributed by atoms with E-state index < -0.39 is 0 Å². The number of rotatable bonds is 6. The monoisotopic (exact) mass is 226 g/mol. The summed E-state index contributed by atoms with van der Waals surface area (Å²) in [6, 6.07) is 0.593. The molecule has 1 rings (SSSR count). The predicted octanol–water partition coefficient (Wildman–Crippen LogP) is 2.07. The van der Waals surface area contributed by atoms with Crippen LogP contribution in [-0.2, 0) is 4.79 Å². The van der Waals surface area contributed by atoms with Crippen molar-refractivity contribution in [2.75, 3.05) is 0 Å². The first kappa shape index (κ1) is 13.5. The average Bonchev–Trinajstić information content (AvgIpc) is 2.97. The summed E-state index contributed by atoms with van der Waals surface area (Å²) in [5, 5.41) is 6.40. The van der Waals surface area contributed by atoms with Crippen LogP contribution in [0.5, 0.6) is 0 Å². The van der Waals surface area contributed by atoms with Gasteiger partial charge in [0.1, 0.15) is 0 Å². The topological polar surface area (TPSA) is 41.1 Å². The maximum Gasteiger partial charge on any atom is 0.237 e. The number of nitrogens with one attached hydrogen (secondary N) is 2. The maximum atomic E-state index is 11.8. The minimum atomic E-state index is -0.0959. The number of hydrogen-bond donors (Lipinski definition) is 2. The third-order valence-electron chi connectivity index (χ3n) is 3.98. The zero-order valence-electron chi connectivity index (χ0n) is 11.3. The van der Waals surface area contributed by atoms with E-state index in [2.05, 4.69) is 31.4 Å². The van der Waals surface area contributed by atoms with Crippen LogP contribution in [0, 0.1) is 5.41 Å². The van der Waals surface area contributed by atoms with Crippen molar-refractivity contribution in [1.29, 1.82) is 0 Å². The highest BCUT2D eigenvalue weighted by molar-refractivity contribution is 5.81. The molecule has 1 amide bonds. The van der Waals surface area contributed by atoms with Crippen LogP contribution in [0.3, 0.4) is 0 Å². The molecule has 3 nitrogen and oxygen atoms in total. The molecule has 0 aromatic heterocycles. The molecule has 16 heavy (non-hydrogen) atoms. The van der Waals surface area contributed by atoms with E-state index in [4.69, 9.17) is 0 Å². The lowest BCUT2D eigenvalue weighted by Crippen LogP contribution is -2.49. The minimum absolute atomic E-state index is 0.0959. The van der Waals surface area contributed by atoms with Gasteiger partial charge in [0.2, 0.25) is 5.91 Å². The van der Waals surface area contributed by atoms with Gasteiger partial charge in [-0.3, -0.25) is 4.79 Å². The van der Waals surface area contributed by atoms with E-state index in [0.717, 1.165) is 6.42 Å². The molecule has 3 unspecified atom stereocenters. The molecule has 1 aliphatic carbocycles. The molecule has 0 heterocycles. The van der Waals surface area contributed by atoms with Gasteiger partial charge in [0, 0.05) is 12.1 Å². The summed E-state index contributed by atoms with van der Waals surface area (Å²) in [5.74, 6) is 0.116. The van der Waals surface area contributed by atoms with E-state index in [9.17, 15) is 4.79 Å². The summed E-state index contributed by atoms with van der Waals surface area (Å²) in [6.45, 7) is 10.5. The van der Waals surface area contributed by atoms with Gasteiger partial charge in [-0.1, -0.05) is 13.8 Å². The van der Waals surface area contributed by atoms with Gasteiger partial charge in [-0.25, -0.2) is 0 Å². The van der Waals surface area contributed by atoms with Gasteiger partial charge in [0.25, 0.3) is 0 Å². The largest absolute Gasteiger partial charge is 0.352 e. The summed E-state index contributed by atoms with van der Waals surface area (Å²) in [7, 11) is 0. The van der Waals surface area contributed by atoms with Crippen molar-refractivity contribution in [3.05, 3.63) is 0 Å². The Morgan fingerprint density at radius 1 is 1.31 bits per heavy atom. The van der Waals surface area contributed by atoms with Crippen molar-refractivity contribution in [1.82, 2.24) is 10.6 Å². The van der Waals surface area contributed by atoms with Gasteiger partial charge in [0.05, 0.1) is 6.04 Å². The first-order valence-corrected chi connectivity index (χ1v) is 6.45. The molecule has 1 fully saturated rings. The fraction of sp³-hybridized carbons (Fsp3) is 0.923. The van der Waals surface area contributed by atoms with Gasteiger partial charge in [-0.05, 0) is 45.4 Å². The molecular formula is C13H26N2O. The Labute approximate surface area is 99.4 Å². The third-order valence-corrected chi connectivity index (χ3v) is 3.98. The van der Waals surface area contributed by atoms with Gasteiger partial charge >= 0.3 is 0 Å². The van der Waals surface area contributed by atoms with Crippen LogP contribution in [-0.4, -0.2) is 24.0 Å². The van der Waals surface area contributed by atoms with E-state index in [0.29, 0.717) is 11.5 Å². The molecule has 0 saturated heterocycles. The second-order valence-corrected chi connectivity index (χ2v) is 5.58. The van der Waals surface area contributed by atoms with Crippen LogP contribution in [0.1, 0.15) is 53.9 Å². The second kappa shape index (κ2) is 5.17. The Balaban J connectivity index is 2.33. The van der Waals surface area contributed by atoms with Crippen molar-refractivity contribution < 1.29 is 4.79 Å². The van der Waals surface area contributed by atoms with Gasteiger partial charge < -0.3 is 10.6 Å². The van der Waals surface area contributed by atoms with Gasteiger partial charge in [-0.2, -0.15) is 0 Å². The van der Waals surface area contributed by atoms with Gasteiger partial charge in [0.15, 0.2) is 0 Å². The zero-order chi connectivity index (χ0) is 12.3. The molecule has 94 valence electrons. The molecule has 0 bridgehead atoms. The van der Waals surface area contributed by atoms with Crippen LogP contribution in [0.2, 0.25) is 0 Å². The summed E-state index contributed by atoms with van der Waals surface area (Å²) in [6.07, 6.45) is 3.54. The fourth-order valence-corrected chi connectivity index (χ4v) is 1.75. The second-order valence-electron chi connectivity index (χ2n) is 5.58. The molecule has 3 atom stereocenters. The quantitative estimate of drug-likeness (QED) is 0.728. The Hall–Kier alpha value is -0.570. The molecule has 0 aromatic rings. The Morgan fingerprint density at radius 3 is 2.31 bits per heavy atom. The molecule has 0 radical (unpaired) electrons. The van der Waals surface area contributed by atoms with Crippen LogP contribution >= 0.6 is 0 Å². The van der Waals surface area contributed by atoms with Crippen molar-refractivity contribution >= 4 is 5.91 Å². The van der Waals surface area contributed by atoms with E-state index in [-0.39, 0.29) is 18.0 Å². The maximum absolute atomic E-state index is 11.8. The Kier molecular flexibility index (Phi) is 4.36. The van der Waals surface area contributed by atoms with Crippen molar-refractivity contribution in [3.63, 3.8) is 0 Å². The minimum Gasteiger partial charge on any atom is -0.352 e. The Bertz CT molecular complexity index is 248. The summed E-state index contributed by atoms with van der Waals surface area (Å²) in [4.78, 5) is 11.8. The summed E-state index contributed by atoms with van der Waals surface area (Å²) < 4.78 is 0. The first-order valence-electron chi connectivity index (χ1n) is 6.45. The molecule has 0 aliphatic heterocycles. The highest BCUT2D eigenvalue weighted by atomic mass is 16.2. The normalized spacial score (nSPS) is 23.3. The average molecular weight is 226 g/mol. The van der Waals surface area contributed by atoms with E-state index in [1.54, 1.807) is 0 Å². The molecule has 1 aliphatic rings. The predicted molar refractivity (Wildman–Crippen MR) is 67.3 cm³/mol. The standard InChI is InChI=1S/C13H26N2O/c1-6-9(2)14-12(16)10(3)15-11(4)13(5)7-8-13/h9-11,15H,6-8H2,1-5H3,(H,14,16). The number of amides is 1. The van der Waals surface area contributed by atoms with Crippen LogP contribution in [0.25, 0.3) is 0 Å². The summed E-state index contributed by atoms with van der Waals surface area (Å²) in [5.41, 5.74) is 0.422. The van der Waals surface area contributed by atoms with Crippen molar-refractivity contribution in [3.8, 4) is 0 Å². The Morgan fingerprint density at radius 2 is 1.88 bits per heavy atom. The lowest BCUT2D eigenvalue weighted by Gasteiger charge is -2.25.